The molecule has 0 heterocycles. The molecule has 0 aliphatic carbocycles. The number of hydrogen-bond donors (Lipinski definition) is 0. The quantitative estimate of drug-likeness (QED) is 0.643. The van der Waals surface area contributed by atoms with Crippen molar-refractivity contribution < 1.29 is 22.1 Å². The highest BCUT2D eigenvalue weighted by Crippen LogP contribution is 2.26. The predicted molar refractivity (Wildman–Crippen MR) is 103 cm³/mol. The highest BCUT2D eigenvalue weighted by Gasteiger charge is 2.21. The number of methoxy groups -OCH3 is 1. The summed E-state index contributed by atoms with van der Waals surface area (Å²) in [5, 5.41) is 0. The van der Waals surface area contributed by atoms with Gasteiger partial charge in [-0.05, 0) is 43.7 Å². The first-order chi connectivity index (χ1) is 12.8. The molecular formula is C20H25NO5S. The normalized spacial score (nSPS) is 12.3. The molecule has 0 fully saturated rings. The van der Waals surface area contributed by atoms with Gasteiger partial charge in [-0.15, -0.1) is 0 Å². The number of benzene rings is 2. The fourth-order valence-corrected chi connectivity index (χ4v) is 3.57. The molecule has 146 valence electrons. The third kappa shape index (κ3) is 5.23. The van der Waals surface area contributed by atoms with Crippen LogP contribution in [0.4, 0.5) is 0 Å². The molecule has 0 aliphatic rings. The van der Waals surface area contributed by atoms with Crippen molar-refractivity contribution in [1.29, 1.82) is 0 Å². The molecule has 27 heavy (non-hydrogen) atoms. The van der Waals surface area contributed by atoms with Crippen molar-refractivity contribution >= 4 is 16.0 Å². The summed E-state index contributed by atoms with van der Waals surface area (Å²) in [5.41, 5.74) is 0.630. The number of carbonyl (C=O) groups is 1. The van der Waals surface area contributed by atoms with Crippen LogP contribution in [0.5, 0.6) is 11.5 Å². The SMILES string of the molecule is CC[C@H](C)N(Cc1ccccc1OS(=O)(=O)c1ccc(OC)cc1)C(C)=O. The van der Waals surface area contributed by atoms with Crippen LogP contribution in [-0.4, -0.2) is 32.4 Å². The fraction of sp³-hybridized carbons (Fsp3) is 0.350. The van der Waals surface area contributed by atoms with Crippen LogP contribution in [0.25, 0.3) is 0 Å². The molecule has 2 aromatic rings. The van der Waals surface area contributed by atoms with Crippen molar-refractivity contribution in [2.24, 2.45) is 0 Å². The minimum absolute atomic E-state index is 0.0310. The minimum Gasteiger partial charge on any atom is -0.497 e. The van der Waals surface area contributed by atoms with E-state index in [9.17, 15) is 13.2 Å². The molecule has 0 saturated carbocycles. The van der Waals surface area contributed by atoms with E-state index in [1.165, 1.54) is 26.2 Å². The number of hydrogen-bond acceptors (Lipinski definition) is 5. The van der Waals surface area contributed by atoms with Gasteiger partial charge in [0.2, 0.25) is 5.91 Å². The summed E-state index contributed by atoms with van der Waals surface area (Å²) in [7, 11) is -2.49. The lowest BCUT2D eigenvalue weighted by atomic mass is 10.1. The third-order valence-electron chi connectivity index (χ3n) is 4.39. The van der Waals surface area contributed by atoms with Crippen molar-refractivity contribution in [3.05, 3.63) is 54.1 Å². The standard InChI is InChI=1S/C20H25NO5S/c1-5-15(2)21(16(3)22)14-17-8-6-7-9-20(17)26-27(23,24)19-12-10-18(25-4)11-13-19/h6-13,15H,5,14H2,1-4H3/t15-/m0/s1. The Balaban J connectivity index is 2.30. The predicted octanol–water partition coefficient (Wildman–Crippen LogP) is 3.61. The van der Waals surface area contributed by atoms with Crippen LogP contribution in [-0.2, 0) is 21.5 Å². The first kappa shape index (κ1) is 20.8. The zero-order valence-corrected chi connectivity index (χ0v) is 16.8. The lowest BCUT2D eigenvalue weighted by Gasteiger charge is -2.28. The van der Waals surface area contributed by atoms with Gasteiger partial charge in [0.05, 0.1) is 7.11 Å². The monoisotopic (exact) mass is 391 g/mol. The van der Waals surface area contributed by atoms with Crippen LogP contribution >= 0.6 is 0 Å². The number of para-hydroxylation sites is 1. The summed E-state index contributed by atoms with van der Waals surface area (Å²) in [5.74, 6) is 0.694. The summed E-state index contributed by atoms with van der Waals surface area (Å²) in [6, 6.07) is 12.8. The van der Waals surface area contributed by atoms with Crippen LogP contribution < -0.4 is 8.92 Å². The van der Waals surface area contributed by atoms with Gasteiger partial charge in [0, 0.05) is 25.1 Å². The average Bonchev–Trinajstić information content (AvgIpc) is 2.66. The van der Waals surface area contributed by atoms with Crippen molar-refractivity contribution in [2.75, 3.05) is 7.11 Å². The molecular weight excluding hydrogens is 366 g/mol. The molecule has 0 radical (unpaired) electrons. The van der Waals surface area contributed by atoms with Crippen LogP contribution in [0, 0.1) is 0 Å². The van der Waals surface area contributed by atoms with E-state index in [0.29, 0.717) is 11.3 Å². The van der Waals surface area contributed by atoms with E-state index in [2.05, 4.69) is 0 Å². The molecule has 0 aliphatic heterocycles. The summed E-state index contributed by atoms with van der Waals surface area (Å²) >= 11 is 0. The Morgan fingerprint density at radius 3 is 2.30 bits per heavy atom. The topological polar surface area (TPSA) is 72.9 Å². The fourth-order valence-electron chi connectivity index (χ4n) is 2.61. The van der Waals surface area contributed by atoms with Crippen LogP contribution in [0.15, 0.2) is 53.4 Å². The van der Waals surface area contributed by atoms with Crippen molar-refractivity contribution in [1.82, 2.24) is 4.90 Å². The smallest absolute Gasteiger partial charge is 0.339 e. The van der Waals surface area contributed by atoms with Crippen molar-refractivity contribution in [3.8, 4) is 11.5 Å². The average molecular weight is 391 g/mol. The summed E-state index contributed by atoms with van der Waals surface area (Å²) in [4.78, 5) is 13.7. The van der Waals surface area contributed by atoms with E-state index in [4.69, 9.17) is 8.92 Å². The van der Waals surface area contributed by atoms with Gasteiger partial charge in [0.15, 0.2) is 0 Å². The second-order valence-corrected chi connectivity index (χ2v) is 7.77. The molecule has 2 aromatic carbocycles. The summed E-state index contributed by atoms with van der Waals surface area (Å²) in [6.45, 7) is 5.73. The Morgan fingerprint density at radius 1 is 1.11 bits per heavy atom. The van der Waals surface area contributed by atoms with Crippen LogP contribution in [0.2, 0.25) is 0 Å². The molecule has 1 atom stereocenters. The lowest BCUT2D eigenvalue weighted by Crippen LogP contribution is -2.36. The number of rotatable bonds is 8. The van der Waals surface area contributed by atoms with E-state index in [1.807, 2.05) is 13.8 Å². The lowest BCUT2D eigenvalue weighted by molar-refractivity contribution is -0.131. The number of nitrogens with zero attached hydrogens (tertiary/aromatic N) is 1. The van der Waals surface area contributed by atoms with Gasteiger partial charge in [-0.25, -0.2) is 0 Å². The number of amides is 1. The van der Waals surface area contributed by atoms with E-state index in [1.54, 1.807) is 41.3 Å². The molecule has 2 rings (SSSR count). The van der Waals surface area contributed by atoms with E-state index >= 15 is 0 Å². The molecule has 0 spiro atoms. The van der Waals surface area contributed by atoms with Crippen molar-refractivity contribution in [2.45, 2.75) is 44.7 Å². The number of carbonyl (C=O) groups excluding carboxylic acids is 1. The van der Waals surface area contributed by atoms with Crippen LogP contribution in [0.3, 0.4) is 0 Å². The Morgan fingerprint density at radius 2 is 1.74 bits per heavy atom. The van der Waals surface area contributed by atoms with Gasteiger partial charge < -0.3 is 13.8 Å². The van der Waals surface area contributed by atoms with Crippen molar-refractivity contribution in [3.63, 3.8) is 0 Å². The molecule has 0 unspecified atom stereocenters. The first-order valence-electron chi connectivity index (χ1n) is 8.72. The van der Waals surface area contributed by atoms with Crippen LogP contribution in [0.1, 0.15) is 32.8 Å². The largest absolute Gasteiger partial charge is 0.497 e. The Kier molecular flexibility index (Phi) is 6.85. The van der Waals surface area contributed by atoms with Gasteiger partial charge in [0.25, 0.3) is 0 Å². The molecule has 0 saturated heterocycles. The zero-order chi connectivity index (χ0) is 20.0. The van der Waals surface area contributed by atoms with E-state index in [-0.39, 0.29) is 29.1 Å². The van der Waals surface area contributed by atoms with E-state index < -0.39 is 10.1 Å². The second-order valence-electron chi connectivity index (χ2n) is 6.22. The Hall–Kier alpha value is -2.54. The second kappa shape index (κ2) is 8.90. The van der Waals surface area contributed by atoms with Gasteiger partial charge >= 0.3 is 10.1 Å². The van der Waals surface area contributed by atoms with Gasteiger partial charge in [-0.1, -0.05) is 25.1 Å². The third-order valence-corrected chi connectivity index (χ3v) is 5.64. The first-order valence-corrected chi connectivity index (χ1v) is 10.1. The summed E-state index contributed by atoms with van der Waals surface area (Å²) in [6.07, 6.45) is 0.798. The Bertz CT molecular complexity index is 878. The molecule has 0 N–H and O–H groups in total. The Labute approximate surface area is 160 Å². The molecule has 0 aromatic heterocycles. The molecule has 6 nitrogen and oxygen atoms in total. The maximum Gasteiger partial charge on any atom is 0.339 e. The highest BCUT2D eigenvalue weighted by atomic mass is 32.2. The molecule has 0 bridgehead atoms. The number of ether oxygens (including phenoxy) is 1. The van der Waals surface area contributed by atoms with Gasteiger partial charge in [-0.3, -0.25) is 4.79 Å². The molecule has 1 amide bonds. The van der Waals surface area contributed by atoms with E-state index in [0.717, 1.165) is 6.42 Å². The zero-order valence-electron chi connectivity index (χ0n) is 16.0. The summed E-state index contributed by atoms with van der Waals surface area (Å²) < 4.78 is 35.7. The van der Waals surface area contributed by atoms with Gasteiger partial charge in [0.1, 0.15) is 16.4 Å². The highest BCUT2D eigenvalue weighted by molar-refractivity contribution is 7.87. The van der Waals surface area contributed by atoms with Gasteiger partial charge in [-0.2, -0.15) is 8.42 Å². The molecule has 7 heteroatoms. The maximum atomic E-state index is 12.6. The maximum absolute atomic E-state index is 12.6. The minimum atomic E-state index is -4.00.